The van der Waals surface area contributed by atoms with Crippen LogP contribution in [0.1, 0.15) is 26.7 Å². The van der Waals surface area contributed by atoms with E-state index in [1.165, 1.54) is 0 Å². The fourth-order valence-corrected chi connectivity index (χ4v) is 1.35. The average Bonchev–Trinajstić information content (AvgIpc) is 2.66. The Morgan fingerprint density at radius 1 is 1.64 bits per heavy atom. The summed E-state index contributed by atoms with van der Waals surface area (Å²) in [7, 11) is 0. The predicted molar refractivity (Wildman–Crippen MR) is 54.8 cm³/mol. The molecule has 0 spiro atoms. The van der Waals surface area contributed by atoms with E-state index in [0.717, 1.165) is 12.8 Å². The number of nitrogens with two attached hydrogens (primary N) is 1. The van der Waals surface area contributed by atoms with Crippen LogP contribution >= 0.6 is 0 Å². The van der Waals surface area contributed by atoms with Crippen molar-refractivity contribution in [1.82, 2.24) is 5.32 Å². The zero-order chi connectivity index (χ0) is 10.6. The van der Waals surface area contributed by atoms with Gasteiger partial charge in [0.15, 0.2) is 0 Å². The van der Waals surface area contributed by atoms with Gasteiger partial charge in [0.1, 0.15) is 6.10 Å². The van der Waals surface area contributed by atoms with Crippen LogP contribution in [0.4, 0.5) is 0 Å². The van der Waals surface area contributed by atoms with Crippen molar-refractivity contribution in [3.8, 4) is 0 Å². The Hall–Kier alpha value is -0.610. The number of carbonyl (C=O) groups is 1. The van der Waals surface area contributed by atoms with Gasteiger partial charge >= 0.3 is 0 Å². The number of amides is 1. The molecule has 1 rings (SSSR count). The van der Waals surface area contributed by atoms with Crippen LogP contribution in [0.5, 0.6) is 0 Å². The quantitative estimate of drug-likeness (QED) is 0.684. The Balaban J connectivity index is 2.20. The SMILES string of the molecule is CC(C)C(N)CNC(=O)C1CCCO1. The smallest absolute Gasteiger partial charge is 0.249 e. The van der Waals surface area contributed by atoms with Crippen LogP contribution in [-0.2, 0) is 9.53 Å². The van der Waals surface area contributed by atoms with Gasteiger partial charge in [-0.2, -0.15) is 0 Å². The first-order valence-corrected chi connectivity index (χ1v) is 5.26. The number of rotatable bonds is 4. The first-order valence-electron chi connectivity index (χ1n) is 5.26. The van der Waals surface area contributed by atoms with Crippen molar-refractivity contribution < 1.29 is 9.53 Å². The molecule has 4 heteroatoms. The van der Waals surface area contributed by atoms with E-state index < -0.39 is 0 Å². The van der Waals surface area contributed by atoms with Crippen LogP contribution in [0.3, 0.4) is 0 Å². The van der Waals surface area contributed by atoms with Crippen LogP contribution in [0.15, 0.2) is 0 Å². The lowest BCUT2D eigenvalue weighted by molar-refractivity contribution is -0.130. The van der Waals surface area contributed by atoms with Crippen LogP contribution in [0.25, 0.3) is 0 Å². The summed E-state index contributed by atoms with van der Waals surface area (Å²) in [4.78, 5) is 11.5. The molecule has 0 radical (unpaired) electrons. The summed E-state index contributed by atoms with van der Waals surface area (Å²) < 4.78 is 5.25. The molecule has 0 bridgehead atoms. The van der Waals surface area contributed by atoms with E-state index >= 15 is 0 Å². The largest absolute Gasteiger partial charge is 0.368 e. The van der Waals surface area contributed by atoms with E-state index in [1.807, 2.05) is 13.8 Å². The third-order valence-electron chi connectivity index (χ3n) is 2.59. The highest BCUT2D eigenvalue weighted by Crippen LogP contribution is 2.11. The van der Waals surface area contributed by atoms with E-state index in [-0.39, 0.29) is 18.1 Å². The van der Waals surface area contributed by atoms with Crippen molar-refractivity contribution in [2.24, 2.45) is 11.7 Å². The van der Waals surface area contributed by atoms with Gasteiger partial charge in [0.25, 0.3) is 0 Å². The molecule has 0 saturated carbocycles. The second kappa shape index (κ2) is 5.32. The van der Waals surface area contributed by atoms with Crippen LogP contribution < -0.4 is 11.1 Å². The van der Waals surface area contributed by atoms with Crippen molar-refractivity contribution in [1.29, 1.82) is 0 Å². The molecule has 1 amide bonds. The van der Waals surface area contributed by atoms with Crippen LogP contribution in [-0.4, -0.2) is 31.2 Å². The number of carbonyl (C=O) groups excluding carboxylic acids is 1. The lowest BCUT2D eigenvalue weighted by Crippen LogP contribution is -2.43. The standard InChI is InChI=1S/C10H20N2O2/c1-7(2)8(11)6-12-10(13)9-4-3-5-14-9/h7-9H,3-6,11H2,1-2H3,(H,12,13). The zero-order valence-electron chi connectivity index (χ0n) is 8.95. The number of ether oxygens (including phenoxy) is 1. The van der Waals surface area contributed by atoms with Crippen molar-refractivity contribution in [2.75, 3.05) is 13.2 Å². The molecule has 14 heavy (non-hydrogen) atoms. The first kappa shape index (κ1) is 11.5. The molecule has 0 aromatic carbocycles. The fourth-order valence-electron chi connectivity index (χ4n) is 1.35. The van der Waals surface area contributed by atoms with Gasteiger partial charge in [-0.15, -0.1) is 0 Å². The lowest BCUT2D eigenvalue weighted by atomic mass is 10.1. The van der Waals surface area contributed by atoms with E-state index in [9.17, 15) is 4.79 Å². The Bertz CT molecular complexity index is 189. The number of nitrogens with one attached hydrogen (secondary N) is 1. The van der Waals surface area contributed by atoms with Gasteiger partial charge in [-0.3, -0.25) is 4.79 Å². The maximum absolute atomic E-state index is 11.5. The third kappa shape index (κ3) is 3.27. The lowest BCUT2D eigenvalue weighted by Gasteiger charge is -2.17. The Kier molecular flexibility index (Phi) is 4.35. The minimum absolute atomic E-state index is 0.0152. The molecule has 0 aromatic heterocycles. The number of hydrogen-bond donors (Lipinski definition) is 2. The molecule has 0 aliphatic carbocycles. The molecule has 1 aliphatic heterocycles. The van der Waals surface area contributed by atoms with Gasteiger partial charge in [0.2, 0.25) is 5.91 Å². The third-order valence-corrected chi connectivity index (χ3v) is 2.59. The fraction of sp³-hybridized carbons (Fsp3) is 0.900. The molecule has 1 heterocycles. The van der Waals surface area contributed by atoms with Crippen molar-refractivity contribution in [2.45, 2.75) is 38.8 Å². The van der Waals surface area contributed by atoms with Crippen molar-refractivity contribution >= 4 is 5.91 Å². The monoisotopic (exact) mass is 200 g/mol. The topological polar surface area (TPSA) is 64.3 Å². The van der Waals surface area contributed by atoms with Crippen molar-refractivity contribution in [3.05, 3.63) is 0 Å². The van der Waals surface area contributed by atoms with Gasteiger partial charge in [-0.25, -0.2) is 0 Å². The maximum Gasteiger partial charge on any atom is 0.249 e. The second-order valence-electron chi connectivity index (χ2n) is 4.15. The van der Waals surface area contributed by atoms with E-state index in [2.05, 4.69) is 5.32 Å². The Morgan fingerprint density at radius 3 is 2.86 bits per heavy atom. The van der Waals surface area contributed by atoms with E-state index in [0.29, 0.717) is 19.1 Å². The molecule has 0 aromatic rings. The van der Waals surface area contributed by atoms with Crippen molar-refractivity contribution in [3.63, 3.8) is 0 Å². The minimum atomic E-state index is -0.241. The average molecular weight is 200 g/mol. The molecule has 2 unspecified atom stereocenters. The Labute approximate surface area is 85.2 Å². The summed E-state index contributed by atoms with van der Waals surface area (Å²) in [6.45, 7) is 5.33. The molecule has 4 nitrogen and oxygen atoms in total. The maximum atomic E-state index is 11.5. The first-order chi connectivity index (χ1) is 6.61. The second-order valence-corrected chi connectivity index (χ2v) is 4.15. The van der Waals surface area contributed by atoms with Gasteiger partial charge in [-0.05, 0) is 18.8 Å². The summed E-state index contributed by atoms with van der Waals surface area (Å²) in [5, 5.41) is 2.82. The summed E-state index contributed by atoms with van der Waals surface area (Å²) in [5.41, 5.74) is 5.81. The molecule has 3 N–H and O–H groups in total. The van der Waals surface area contributed by atoms with Gasteiger partial charge in [-0.1, -0.05) is 13.8 Å². The highest BCUT2D eigenvalue weighted by atomic mass is 16.5. The highest BCUT2D eigenvalue weighted by Gasteiger charge is 2.23. The molecule has 82 valence electrons. The van der Waals surface area contributed by atoms with Crippen LogP contribution in [0.2, 0.25) is 0 Å². The summed E-state index contributed by atoms with van der Waals surface area (Å²) >= 11 is 0. The summed E-state index contributed by atoms with van der Waals surface area (Å²) in [6.07, 6.45) is 1.58. The predicted octanol–water partition coefficient (Wildman–Crippen LogP) is 0.265. The molecule has 2 atom stereocenters. The molecular weight excluding hydrogens is 180 g/mol. The summed E-state index contributed by atoms with van der Waals surface area (Å²) in [6, 6.07) is 0.0281. The zero-order valence-corrected chi connectivity index (χ0v) is 8.95. The van der Waals surface area contributed by atoms with Crippen LogP contribution in [0, 0.1) is 5.92 Å². The van der Waals surface area contributed by atoms with E-state index in [4.69, 9.17) is 10.5 Å². The molecule has 1 fully saturated rings. The Morgan fingerprint density at radius 2 is 2.36 bits per heavy atom. The van der Waals surface area contributed by atoms with Gasteiger partial charge in [0, 0.05) is 19.2 Å². The molecule has 1 saturated heterocycles. The van der Waals surface area contributed by atoms with Gasteiger partial charge in [0.05, 0.1) is 0 Å². The normalized spacial score (nSPS) is 23.9. The minimum Gasteiger partial charge on any atom is -0.368 e. The summed E-state index contributed by atoms with van der Waals surface area (Å²) in [5.74, 6) is 0.374. The highest BCUT2D eigenvalue weighted by molar-refractivity contribution is 5.80. The molecule has 1 aliphatic rings. The number of hydrogen-bond acceptors (Lipinski definition) is 3. The van der Waals surface area contributed by atoms with E-state index in [1.54, 1.807) is 0 Å². The van der Waals surface area contributed by atoms with Gasteiger partial charge < -0.3 is 15.8 Å². The molecular formula is C10H20N2O2.